The van der Waals surface area contributed by atoms with Crippen molar-refractivity contribution in [1.82, 2.24) is 10.2 Å². The largest absolute Gasteiger partial charge is 0.343 e. The Morgan fingerprint density at radius 2 is 1.75 bits per heavy atom. The molecular formula is C13H28N2O. The first-order valence-corrected chi connectivity index (χ1v) is 6.35. The van der Waals surface area contributed by atoms with Gasteiger partial charge in [0.25, 0.3) is 0 Å². The van der Waals surface area contributed by atoms with Crippen molar-refractivity contribution in [1.29, 1.82) is 0 Å². The number of carbonyl (C=O) groups excluding carboxylic acids is 1. The molecule has 0 aliphatic carbocycles. The maximum Gasteiger partial charge on any atom is 0.222 e. The van der Waals surface area contributed by atoms with Crippen molar-refractivity contribution in [3.8, 4) is 0 Å². The van der Waals surface area contributed by atoms with E-state index in [0.29, 0.717) is 24.4 Å². The van der Waals surface area contributed by atoms with Crippen LogP contribution in [0.4, 0.5) is 0 Å². The van der Waals surface area contributed by atoms with E-state index in [1.165, 1.54) is 0 Å². The number of rotatable bonds is 7. The highest BCUT2D eigenvalue weighted by Gasteiger charge is 2.17. The van der Waals surface area contributed by atoms with E-state index >= 15 is 0 Å². The molecule has 0 spiro atoms. The number of hydrogen-bond donors (Lipinski definition) is 1. The maximum absolute atomic E-state index is 11.8. The minimum Gasteiger partial charge on any atom is -0.343 e. The van der Waals surface area contributed by atoms with Gasteiger partial charge in [0, 0.05) is 25.6 Å². The summed E-state index contributed by atoms with van der Waals surface area (Å²) in [6.45, 7) is 11.6. The highest BCUT2D eigenvalue weighted by Crippen LogP contribution is 2.09. The van der Waals surface area contributed by atoms with Crippen molar-refractivity contribution < 1.29 is 4.79 Å². The number of amides is 1. The van der Waals surface area contributed by atoms with Gasteiger partial charge < -0.3 is 10.2 Å². The summed E-state index contributed by atoms with van der Waals surface area (Å²) in [6, 6.07) is 0.827. The Bertz CT molecular complexity index is 202. The Kier molecular flexibility index (Phi) is 7.39. The average Bonchev–Trinajstić information content (AvgIpc) is 2.21. The molecule has 0 heterocycles. The van der Waals surface area contributed by atoms with Crippen molar-refractivity contribution in [2.45, 2.75) is 59.5 Å². The molecular weight excluding hydrogens is 200 g/mol. The molecule has 1 unspecified atom stereocenters. The molecule has 0 fully saturated rings. The summed E-state index contributed by atoms with van der Waals surface area (Å²) in [5.74, 6) is 0.773. The van der Waals surface area contributed by atoms with Crippen molar-refractivity contribution in [3.05, 3.63) is 0 Å². The van der Waals surface area contributed by atoms with Crippen LogP contribution < -0.4 is 5.32 Å². The zero-order valence-electron chi connectivity index (χ0n) is 11.7. The lowest BCUT2D eigenvalue weighted by Crippen LogP contribution is -2.38. The van der Waals surface area contributed by atoms with Gasteiger partial charge in [0.1, 0.15) is 0 Å². The zero-order valence-corrected chi connectivity index (χ0v) is 11.7. The molecule has 1 atom stereocenters. The van der Waals surface area contributed by atoms with E-state index in [2.05, 4.69) is 39.9 Å². The van der Waals surface area contributed by atoms with Crippen LogP contribution in [0.2, 0.25) is 0 Å². The van der Waals surface area contributed by atoms with Crippen molar-refractivity contribution >= 4 is 5.91 Å². The smallest absolute Gasteiger partial charge is 0.222 e. The van der Waals surface area contributed by atoms with E-state index in [4.69, 9.17) is 0 Å². The highest BCUT2D eigenvalue weighted by atomic mass is 16.2. The summed E-state index contributed by atoms with van der Waals surface area (Å²) < 4.78 is 0. The number of hydrogen-bond acceptors (Lipinski definition) is 2. The Hall–Kier alpha value is -0.570. The number of nitrogens with zero attached hydrogens (tertiary/aromatic N) is 1. The van der Waals surface area contributed by atoms with Crippen LogP contribution in [0.5, 0.6) is 0 Å². The van der Waals surface area contributed by atoms with Gasteiger partial charge in [0.2, 0.25) is 5.91 Å². The van der Waals surface area contributed by atoms with E-state index in [-0.39, 0.29) is 5.91 Å². The lowest BCUT2D eigenvalue weighted by atomic mass is 10.0. The topological polar surface area (TPSA) is 32.3 Å². The molecule has 0 radical (unpaired) electrons. The summed E-state index contributed by atoms with van der Waals surface area (Å²) in [6.07, 6.45) is 1.57. The van der Waals surface area contributed by atoms with Crippen LogP contribution in [0.15, 0.2) is 0 Å². The Morgan fingerprint density at radius 1 is 1.19 bits per heavy atom. The molecule has 0 aliphatic rings. The zero-order chi connectivity index (χ0) is 12.7. The Balaban J connectivity index is 3.80. The number of nitrogens with one attached hydrogen (secondary N) is 1. The van der Waals surface area contributed by atoms with Crippen molar-refractivity contribution in [3.63, 3.8) is 0 Å². The molecule has 3 nitrogen and oxygen atoms in total. The molecule has 1 N–H and O–H groups in total. The third kappa shape index (κ3) is 6.11. The summed E-state index contributed by atoms with van der Waals surface area (Å²) in [5.41, 5.74) is 0. The molecule has 0 aliphatic heterocycles. The summed E-state index contributed by atoms with van der Waals surface area (Å²) in [4.78, 5) is 13.7. The first-order valence-electron chi connectivity index (χ1n) is 6.35. The quantitative estimate of drug-likeness (QED) is 0.678. The van der Waals surface area contributed by atoms with Crippen LogP contribution in [-0.2, 0) is 4.79 Å². The van der Waals surface area contributed by atoms with Gasteiger partial charge in [-0.1, -0.05) is 27.7 Å². The second-order valence-corrected chi connectivity index (χ2v) is 5.20. The summed E-state index contributed by atoms with van der Waals surface area (Å²) in [5, 5.41) is 3.32. The lowest BCUT2D eigenvalue weighted by Gasteiger charge is -2.28. The van der Waals surface area contributed by atoms with Gasteiger partial charge in [0.05, 0.1) is 0 Å². The van der Waals surface area contributed by atoms with Gasteiger partial charge in [0.15, 0.2) is 0 Å². The molecule has 0 rings (SSSR count). The van der Waals surface area contributed by atoms with Crippen LogP contribution in [0, 0.1) is 5.92 Å². The second kappa shape index (κ2) is 7.66. The van der Waals surface area contributed by atoms with Gasteiger partial charge in [-0.25, -0.2) is 0 Å². The SMILES string of the molecule is CC(C)NCCCC(=O)N(C)C(C)C(C)C. The highest BCUT2D eigenvalue weighted by molar-refractivity contribution is 5.76. The van der Waals surface area contributed by atoms with E-state index in [0.717, 1.165) is 13.0 Å². The predicted octanol–water partition coefficient (Wildman–Crippen LogP) is 2.27. The van der Waals surface area contributed by atoms with E-state index in [1.807, 2.05) is 11.9 Å². The van der Waals surface area contributed by atoms with Crippen LogP contribution in [0.25, 0.3) is 0 Å². The third-order valence-corrected chi connectivity index (χ3v) is 3.09. The van der Waals surface area contributed by atoms with Crippen LogP contribution in [0.3, 0.4) is 0 Å². The summed E-state index contributed by atoms with van der Waals surface area (Å²) in [7, 11) is 1.91. The fourth-order valence-electron chi connectivity index (χ4n) is 1.48. The van der Waals surface area contributed by atoms with E-state index in [9.17, 15) is 4.79 Å². The first-order chi connectivity index (χ1) is 7.36. The molecule has 0 saturated heterocycles. The minimum atomic E-state index is 0.256. The van der Waals surface area contributed by atoms with Gasteiger partial charge in [-0.05, 0) is 25.8 Å². The van der Waals surface area contributed by atoms with Crippen molar-refractivity contribution in [2.75, 3.05) is 13.6 Å². The minimum absolute atomic E-state index is 0.256. The first kappa shape index (κ1) is 15.4. The van der Waals surface area contributed by atoms with E-state index < -0.39 is 0 Å². The van der Waals surface area contributed by atoms with Crippen LogP contribution in [0.1, 0.15) is 47.5 Å². The van der Waals surface area contributed by atoms with Gasteiger partial charge in [-0.3, -0.25) is 4.79 Å². The molecule has 0 aromatic heterocycles. The van der Waals surface area contributed by atoms with Crippen LogP contribution in [-0.4, -0.2) is 36.5 Å². The van der Waals surface area contributed by atoms with Gasteiger partial charge in [-0.2, -0.15) is 0 Å². The van der Waals surface area contributed by atoms with E-state index in [1.54, 1.807) is 0 Å². The molecule has 96 valence electrons. The van der Waals surface area contributed by atoms with Crippen molar-refractivity contribution in [2.24, 2.45) is 5.92 Å². The maximum atomic E-state index is 11.8. The standard InChI is InChI=1S/C13H28N2O/c1-10(2)12(5)15(6)13(16)8-7-9-14-11(3)4/h10-12,14H,7-9H2,1-6H3. The van der Waals surface area contributed by atoms with Gasteiger partial charge >= 0.3 is 0 Å². The lowest BCUT2D eigenvalue weighted by molar-refractivity contribution is -0.132. The summed E-state index contributed by atoms with van der Waals surface area (Å²) >= 11 is 0. The molecule has 0 aromatic carbocycles. The average molecular weight is 228 g/mol. The molecule has 1 amide bonds. The molecule has 0 aromatic rings. The second-order valence-electron chi connectivity index (χ2n) is 5.20. The fraction of sp³-hybridized carbons (Fsp3) is 0.923. The molecule has 0 bridgehead atoms. The fourth-order valence-corrected chi connectivity index (χ4v) is 1.48. The number of carbonyl (C=O) groups is 1. The molecule has 0 saturated carbocycles. The molecule has 3 heteroatoms. The normalized spacial score (nSPS) is 13.2. The third-order valence-electron chi connectivity index (χ3n) is 3.09. The Morgan fingerprint density at radius 3 is 2.19 bits per heavy atom. The predicted molar refractivity (Wildman–Crippen MR) is 69.4 cm³/mol. The molecule has 16 heavy (non-hydrogen) atoms. The van der Waals surface area contributed by atoms with Crippen LogP contribution >= 0.6 is 0 Å². The monoisotopic (exact) mass is 228 g/mol. The Labute approximate surface area is 101 Å². The van der Waals surface area contributed by atoms with Gasteiger partial charge in [-0.15, -0.1) is 0 Å².